The molecule has 0 saturated heterocycles. The van der Waals surface area contributed by atoms with Gasteiger partial charge in [-0.15, -0.1) is 11.8 Å². The van der Waals surface area contributed by atoms with Crippen LogP contribution in [0.5, 0.6) is 0 Å². The molecule has 1 aromatic carbocycles. The summed E-state index contributed by atoms with van der Waals surface area (Å²) in [5, 5.41) is 0. The number of thioether (sulfide) groups is 1. The van der Waals surface area contributed by atoms with Crippen LogP contribution in [0.25, 0.3) is 0 Å². The fourth-order valence-electron chi connectivity index (χ4n) is 1.75. The van der Waals surface area contributed by atoms with E-state index >= 15 is 0 Å². The normalized spacial score (nSPS) is 11.7. The SMILES string of the molecule is CC(C)(C)c1nc(CSc2ccc(F)cc2)nc(N)c1Br. The lowest BCUT2D eigenvalue weighted by molar-refractivity contribution is 0.561. The highest BCUT2D eigenvalue weighted by Crippen LogP contribution is 2.32. The van der Waals surface area contributed by atoms with Gasteiger partial charge < -0.3 is 5.73 Å². The number of aromatic nitrogens is 2. The van der Waals surface area contributed by atoms with E-state index in [-0.39, 0.29) is 11.2 Å². The molecule has 2 rings (SSSR count). The molecule has 2 aromatic rings. The molecule has 6 heteroatoms. The van der Waals surface area contributed by atoms with Crippen molar-refractivity contribution in [2.24, 2.45) is 0 Å². The lowest BCUT2D eigenvalue weighted by atomic mass is 9.92. The van der Waals surface area contributed by atoms with Crippen LogP contribution in [0, 0.1) is 5.82 Å². The first kappa shape index (κ1) is 16.2. The maximum atomic E-state index is 12.9. The minimum atomic E-state index is -0.237. The molecule has 0 amide bonds. The average Bonchev–Trinajstić information content (AvgIpc) is 2.40. The summed E-state index contributed by atoms with van der Waals surface area (Å²) < 4.78 is 13.6. The molecule has 0 aliphatic rings. The van der Waals surface area contributed by atoms with Gasteiger partial charge in [0.15, 0.2) is 0 Å². The molecule has 0 unspecified atom stereocenters. The Labute approximate surface area is 136 Å². The summed E-state index contributed by atoms with van der Waals surface area (Å²) in [6.07, 6.45) is 0. The Morgan fingerprint density at radius 2 is 1.81 bits per heavy atom. The maximum Gasteiger partial charge on any atom is 0.141 e. The van der Waals surface area contributed by atoms with Gasteiger partial charge >= 0.3 is 0 Å². The number of hydrogen-bond donors (Lipinski definition) is 1. The van der Waals surface area contributed by atoms with E-state index in [4.69, 9.17) is 5.73 Å². The summed E-state index contributed by atoms with van der Waals surface area (Å²) in [6.45, 7) is 6.24. The molecule has 0 spiro atoms. The van der Waals surface area contributed by atoms with Crippen LogP contribution >= 0.6 is 27.7 Å². The number of halogens is 2. The second-order valence-corrected chi connectivity index (χ2v) is 7.52. The predicted octanol–water partition coefficient (Wildman–Crippen LogP) is 4.55. The number of nitrogens with zero attached hydrogens (tertiary/aromatic N) is 2. The first-order chi connectivity index (χ1) is 9.77. The molecular weight excluding hydrogens is 353 g/mol. The van der Waals surface area contributed by atoms with Crippen LogP contribution in [-0.2, 0) is 11.2 Å². The van der Waals surface area contributed by atoms with Gasteiger partial charge in [-0.05, 0) is 40.2 Å². The van der Waals surface area contributed by atoms with Crippen LogP contribution in [0.2, 0.25) is 0 Å². The van der Waals surface area contributed by atoms with Crippen molar-refractivity contribution >= 4 is 33.5 Å². The summed E-state index contributed by atoms with van der Waals surface area (Å²) >= 11 is 5.01. The Kier molecular flexibility index (Phi) is 4.88. The number of rotatable bonds is 3. The zero-order valence-electron chi connectivity index (χ0n) is 12.2. The lowest BCUT2D eigenvalue weighted by Gasteiger charge is -2.20. The van der Waals surface area contributed by atoms with Gasteiger partial charge in [-0.25, -0.2) is 14.4 Å². The van der Waals surface area contributed by atoms with Crippen molar-refractivity contribution in [3.05, 3.63) is 46.1 Å². The van der Waals surface area contributed by atoms with Crippen molar-refractivity contribution < 1.29 is 4.39 Å². The molecule has 0 saturated carbocycles. The van der Waals surface area contributed by atoms with Crippen LogP contribution in [-0.4, -0.2) is 9.97 Å². The molecule has 1 aromatic heterocycles. The van der Waals surface area contributed by atoms with E-state index in [0.717, 1.165) is 15.1 Å². The van der Waals surface area contributed by atoms with Gasteiger partial charge in [0.1, 0.15) is 17.5 Å². The van der Waals surface area contributed by atoms with E-state index in [1.807, 2.05) is 0 Å². The van der Waals surface area contributed by atoms with Gasteiger partial charge in [0.2, 0.25) is 0 Å². The third-order valence-corrected chi connectivity index (χ3v) is 4.60. The van der Waals surface area contributed by atoms with Crippen LogP contribution in [0.4, 0.5) is 10.2 Å². The molecule has 1 heterocycles. The van der Waals surface area contributed by atoms with Crippen molar-refractivity contribution in [3.8, 4) is 0 Å². The Balaban J connectivity index is 2.21. The molecule has 0 aliphatic heterocycles. The first-order valence-corrected chi connectivity index (χ1v) is 8.26. The smallest absolute Gasteiger partial charge is 0.141 e. The first-order valence-electron chi connectivity index (χ1n) is 6.48. The van der Waals surface area contributed by atoms with Crippen molar-refractivity contribution in [2.75, 3.05) is 5.73 Å². The Morgan fingerprint density at radius 1 is 1.19 bits per heavy atom. The lowest BCUT2D eigenvalue weighted by Crippen LogP contribution is -2.17. The molecule has 2 N–H and O–H groups in total. The zero-order chi connectivity index (χ0) is 15.6. The largest absolute Gasteiger partial charge is 0.383 e. The standard InChI is InChI=1S/C15H17BrFN3S/c1-15(2,3)13-12(16)14(18)20-11(19-13)8-21-10-6-4-9(17)5-7-10/h4-7H,8H2,1-3H3,(H2,18,19,20). The second-order valence-electron chi connectivity index (χ2n) is 5.68. The van der Waals surface area contributed by atoms with E-state index in [1.165, 1.54) is 12.1 Å². The number of anilines is 1. The van der Waals surface area contributed by atoms with Crippen LogP contribution in [0.3, 0.4) is 0 Å². The monoisotopic (exact) mass is 369 g/mol. The molecular formula is C15H17BrFN3S. The van der Waals surface area contributed by atoms with Gasteiger partial charge in [-0.1, -0.05) is 20.8 Å². The van der Waals surface area contributed by atoms with Crippen molar-refractivity contribution in [2.45, 2.75) is 36.8 Å². The quantitative estimate of drug-likeness (QED) is 0.806. The van der Waals surface area contributed by atoms with Crippen LogP contribution < -0.4 is 5.73 Å². The van der Waals surface area contributed by atoms with Gasteiger partial charge in [0.05, 0.1) is 15.9 Å². The van der Waals surface area contributed by atoms with E-state index in [2.05, 4.69) is 46.7 Å². The molecule has 0 fully saturated rings. The minimum absolute atomic E-state index is 0.120. The molecule has 0 radical (unpaired) electrons. The Bertz CT molecular complexity index is 639. The average molecular weight is 370 g/mol. The summed E-state index contributed by atoms with van der Waals surface area (Å²) in [5.41, 5.74) is 6.72. The molecule has 0 bridgehead atoms. The Hall–Kier alpha value is -1.14. The highest BCUT2D eigenvalue weighted by atomic mass is 79.9. The van der Waals surface area contributed by atoms with E-state index in [0.29, 0.717) is 17.4 Å². The summed E-state index contributed by atoms with van der Waals surface area (Å²) in [5.74, 6) is 1.48. The molecule has 112 valence electrons. The number of nitrogen functional groups attached to an aromatic ring is 1. The van der Waals surface area contributed by atoms with Gasteiger partial charge in [-0.2, -0.15) is 0 Å². The number of hydrogen-bond acceptors (Lipinski definition) is 4. The van der Waals surface area contributed by atoms with Crippen LogP contribution in [0.15, 0.2) is 33.6 Å². The van der Waals surface area contributed by atoms with E-state index in [1.54, 1.807) is 23.9 Å². The van der Waals surface area contributed by atoms with E-state index in [9.17, 15) is 4.39 Å². The highest BCUT2D eigenvalue weighted by molar-refractivity contribution is 9.10. The fourth-order valence-corrected chi connectivity index (χ4v) is 3.28. The topological polar surface area (TPSA) is 51.8 Å². The molecule has 21 heavy (non-hydrogen) atoms. The second kappa shape index (κ2) is 6.32. The summed E-state index contributed by atoms with van der Waals surface area (Å²) in [4.78, 5) is 9.88. The van der Waals surface area contributed by atoms with E-state index < -0.39 is 0 Å². The number of nitrogens with two attached hydrogens (primary N) is 1. The van der Waals surface area contributed by atoms with Gasteiger partial charge in [0.25, 0.3) is 0 Å². The van der Waals surface area contributed by atoms with Crippen molar-refractivity contribution in [3.63, 3.8) is 0 Å². The summed E-state index contributed by atoms with van der Waals surface area (Å²) in [7, 11) is 0. The van der Waals surface area contributed by atoms with Gasteiger partial charge in [0, 0.05) is 10.3 Å². The molecule has 0 atom stereocenters. The van der Waals surface area contributed by atoms with Gasteiger partial charge in [-0.3, -0.25) is 0 Å². The Morgan fingerprint density at radius 3 is 2.38 bits per heavy atom. The highest BCUT2D eigenvalue weighted by Gasteiger charge is 2.22. The third-order valence-electron chi connectivity index (χ3n) is 2.82. The van der Waals surface area contributed by atoms with Crippen LogP contribution in [0.1, 0.15) is 32.3 Å². The summed E-state index contributed by atoms with van der Waals surface area (Å²) in [6, 6.07) is 6.37. The van der Waals surface area contributed by atoms with Crippen molar-refractivity contribution in [1.29, 1.82) is 0 Å². The van der Waals surface area contributed by atoms with Crippen molar-refractivity contribution in [1.82, 2.24) is 9.97 Å². The third kappa shape index (κ3) is 4.17. The zero-order valence-corrected chi connectivity index (χ0v) is 14.6. The molecule has 0 aliphatic carbocycles. The number of benzene rings is 1. The fraction of sp³-hybridized carbons (Fsp3) is 0.333. The minimum Gasteiger partial charge on any atom is -0.383 e. The molecule has 3 nitrogen and oxygen atoms in total. The maximum absolute atomic E-state index is 12.9. The predicted molar refractivity (Wildman–Crippen MR) is 88.8 cm³/mol.